The highest BCUT2D eigenvalue weighted by Crippen LogP contribution is 2.42. The molecule has 3 nitrogen and oxygen atoms in total. The summed E-state index contributed by atoms with van der Waals surface area (Å²) in [6.07, 6.45) is -5.04. The van der Waals surface area contributed by atoms with Crippen molar-refractivity contribution >= 4 is 5.97 Å². The minimum atomic E-state index is -4.67. The van der Waals surface area contributed by atoms with Gasteiger partial charge >= 0.3 is 12.1 Å². The molecule has 6 heteroatoms. The van der Waals surface area contributed by atoms with E-state index in [4.69, 9.17) is 5.11 Å². The van der Waals surface area contributed by atoms with Crippen LogP contribution >= 0.6 is 0 Å². The summed E-state index contributed by atoms with van der Waals surface area (Å²) < 4.78 is 37.8. The summed E-state index contributed by atoms with van der Waals surface area (Å²) in [6.45, 7) is 2.94. The van der Waals surface area contributed by atoms with Gasteiger partial charge in [0.05, 0.1) is 12.0 Å². The second-order valence-corrected chi connectivity index (χ2v) is 4.65. The highest BCUT2D eigenvalue weighted by molar-refractivity contribution is 5.69. The smallest absolute Gasteiger partial charge is 0.419 e. The lowest BCUT2D eigenvalue weighted by Crippen LogP contribution is -2.22. The van der Waals surface area contributed by atoms with E-state index in [2.05, 4.69) is 0 Å². The maximum atomic E-state index is 12.6. The Balaban J connectivity index is 3.31. The van der Waals surface area contributed by atoms with Gasteiger partial charge in [-0.1, -0.05) is 26.0 Å². The molecule has 0 amide bonds. The number of carboxylic acids is 1. The number of para-hydroxylation sites is 1. The highest BCUT2D eigenvalue weighted by atomic mass is 19.4. The van der Waals surface area contributed by atoms with Gasteiger partial charge in [-0.15, -0.1) is 0 Å². The topological polar surface area (TPSA) is 57.5 Å². The minimum absolute atomic E-state index is 0.0280. The van der Waals surface area contributed by atoms with Gasteiger partial charge in [0, 0.05) is 11.0 Å². The van der Waals surface area contributed by atoms with Crippen molar-refractivity contribution in [3.63, 3.8) is 0 Å². The van der Waals surface area contributed by atoms with Gasteiger partial charge in [-0.3, -0.25) is 4.79 Å². The predicted octanol–water partition coefficient (Wildman–Crippen LogP) is 3.16. The zero-order chi connectivity index (χ0) is 14.1. The number of hydrogen-bond donors (Lipinski definition) is 2. The normalized spacial score (nSPS) is 12.5. The number of aliphatic carboxylic acids is 1. The Morgan fingerprint density at radius 1 is 1.22 bits per heavy atom. The first-order valence-electron chi connectivity index (χ1n) is 5.17. The van der Waals surface area contributed by atoms with E-state index in [1.54, 1.807) is 0 Å². The molecule has 18 heavy (non-hydrogen) atoms. The average Bonchev–Trinajstić information content (AvgIpc) is 2.13. The molecule has 0 aliphatic carbocycles. The van der Waals surface area contributed by atoms with E-state index < -0.39 is 28.9 Å². The van der Waals surface area contributed by atoms with E-state index in [0.717, 1.165) is 12.1 Å². The van der Waals surface area contributed by atoms with Gasteiger partial charge in [0.2, 0.25) is 0 Å². The number of hydrogen-bond acceptors (Lipinski definition) is 2. The van der Waals surface area contributed by atoms with E-state index in [1.807, 2.05) is 0 Å². The van der Waals surface area contributed by atoms with Gasteiger partial charge in [-0.2, -0.15) is 13.2 Å². The molecule has 2 N–H and O–H groups in total. The van der Waals surface area contributed by atoms with Gasteiger partial charge in [-0.25, -0.2) is 0 Å². The Kier molecular flexibility index (Phi) is 3.59. The molecule has 0 aliphatic heterocycles. The summed E-state index contributed by atoms with van der Waals surface area (Å²) in [7, 11) is 0. The fraction of sp³-hybridized carbons (Fsp3) is 0.417. The standard InChI is InChI=1S/C12H13F3O3/c1-11(2,6-9(16)17)7-4-3-5-8(10(7)18)12(13,14)15/h3-5,18H,6H2,1-2H3,(H,16,17). The number of alkyl halides is 3. The molecule has 0 fully saturated rings. The maximum Gasteiger partial charge on any atom is 0.419 e. The molecule has 1 aromatic carbocycles. The Morgan fingerprint density at radius 2 is 1.72 bits per heavy atom. The number of phenols is 1. The summed E-state index contributed by atoms with van der Waals surface area (Å²) in [5, 5.41) is 18.4. The van der Waals surface area contributed by atoms with E-state index >= 15 is 0 Å². The molecular weight excluding hydrogens is 249 g/mol. The minimum Gasteiger partial charge on any atom is -0.507 e. The molecule has 0 bridgehead atoms. The summed E-state index contributed by atoms with van der Waals surface area (Å²) in [5.41, 5.74) is -2.27. The summed E-state index contributed by atoms with van der Waals surface area (Å²) in [4.78, 5) is 10.7. The number of benzene rings is 1. The van der Waals surface area contributed by atoms with Gasteiger partial charge in [0.25, 0.3) is 0 Å². The maximum absolute atomic E-state index is 12.6. The van der Waals surface area contributed by atoms with E-state index in [9.17, 15) is 23.1 Å². The predicted molar refractivity (Wildman–Crippen MR) is 58.4 cm³/mol. The lowest BCUT2D eigenvalue weighted by molar-refractivity contribution is -0.139. The number of phenolic OH excluding ortho intramolecular Hbond substituents is 1. The van der Waals surface area contributed by atoms with Crippen molar-refractivity contribution in [2.24, 2.45) is 0 Å². The molecule has 0 aromatic heterocycles. The van der Waals surface area contributed by atoms with Crippen LogP contribution in [-0.2, 0) is 16.4 Å². The van der Waals surface area contributed by atoms with Crippen molar-refractivity contribution in [3.05, 3.63) is 29.3 Å². The first-order valence-corrected chi connectivity index (χ1v) is 5.17. The van der Waals surface area contributed by atoms with Crippen molar-refractivity contribution in [2.75, 3.05) is 0 Å². The van der Waals surface area contributed by atoms with Crippen LogP contribution in [-0.4, -0.2) is 16.2 Å². The molecule has 0 heterocycles. The molecule has 1 aromatic rings. The highest BCUT2D eigenvalue weighted by Gasteiger charge is 2.37. The van der Waals surface area contributed by atoms with E-state index in [0.29, 0.717) is 0 Å². The molecule has 0 unspecified atom stereocenters. The van der Waals surface area contributed by atoms with Crippen LogP contribution in [0, 0.1) is 0 Å². The van der Waals surface area contributed by atoms with Crippen LogP contribution < -0.4 is 0 Å². The number of halogens is 3. The van der Waals surface area contributed by atoms with Crippen LogP contribution in [0.3, 0.4) is 0 Å². The average molecular weight is 262 g/mol. The first kappa shape index (κ1) is 14.3. The van der Waals surface area contributed by atoms with Crippen molar-refractivity contribution in [1.29, 1.82) is 0 Å². The zero-order valence-electron chi connectivity index (χ0n) is 9.88. The molecule has 0 spiro atoms. The Bertz CT molecular complexity index is 464. The molecule has 0 saturated carbocycles. The Labute approximate surface area is 102 Å². The molecular formula is C12H13F3O3. The monoisotopic (exact) mass is 262 g/mol. The largest absolute Gasteiger partial charge is 0.507 e. The number of aromatic hydroxyl groups is 1. The van der Waals surface area contributed by atoms with Crippen LogP contribution in [0.25, 0.3) is 0 Å². The third kappa shape index (κ3) is 2.94. The van der Waals surface area contributed by atoms with Gasteiger partial charge in [0.15, 0.2) is 0 Å². The third-order valence-corrected chi connectivity index (χ3v) is 2.66. The third-order valence-electron chi connectivity index (χ3n) is 2.66. The lowest BCUT2D eigenvalue weighted by Gasteiger charge is -2.25. The van der Waals surface area contributed by atoms with Gasteiger partial charge < -0.3 is 10.2 Å². The van der Waals surface area contributed by atoms with Crippen molar-refractivity contribution in [2.45, 2.75) is 31.9 Å². The lowest BCUT2D eigenvalue weighted by atomic mass is 9.80. The van der Waals surface area contributed by atoms with E-state index in [-0.39, 0.29) is 12.0 Å². The van der Waals surface area contributed by atoms with Crippen molar-refractivity contribution < 1.29 is 28.2 Å². The SMILES string of the molecule is CC(C)(CC(=O)O)c1cccc(C(F)(F)F)c1O. The summed E-state index contributed by atoms with van der Waals surface area (Å²) in [5.74, 6) is -2.05. The number of carboxylic acid groups (broad SMARTS) is 1. The van der Waals surface area contributed by atoms with Crippen LogP contribution in [0.15, 0.2) is 18.2 Å². The second kappa shape index (κ2) is 4.51. The fourth-order valence-electron chi connectivity index (χ4n) is 1.79. The molecule has 0 aliphatic rings. The summed E-state index contributed by atoms with van der Waals surface area (Å²) >= 11 is 0. The van der Waals surface area contributed by atoms with Crippen LogP contribution in [0.1, 0.15) is 31.4 Å². The van der Waals surface area contributed by atoms with Crippen LogP contribution in [0.5, 0.6) is 5.75 Å². The number of carbonyl (C=O) groups is 1. The molecule has 0 atom stereocenters. The molecule has 1 rings (SSSR count). The quantitative estimate of drug-likeness (QED) is 0.879. The second-order valence-electron chi connectivity index (χ2n) is 4.65. The fourth-order valence-corrected chi connectivity index (χ4v) is 1.79. The zero-order valence-corrected chi connectivity index (χ0v) is 9.88. The Morgan fingerprint density at radius 3 is 2.17 bits per heavy atom. The Hall–Kier alpha value is -1.72. The van der Waals surface area contributed by atoms with Crippen LogP contribution in [0.2, 0.25) is 0 Å². The molecule has 0 radical (unpaired) electrons. The van der Waals surface area contributed by atoms with Crippen molar-refractivity contribution in [1.82, 2.24) is 0 Å². The first-order chi connectivity index (χ1) is 8.05. The van der Waals surface area contributed by atoms with Gasteiger partial charge in [0.1, 0.15) is 5.75 Å². The van der Waals surface area contributed by atoms with Crippen molar-refractivity contribution in [3.8, 4) is 5.75 Å². The molecule has 0 saturated heterocycles. The molecule has 100 valence electrons. The van der Waals surface area contributed by atoms with Gasteiger partial charge in [-0.05, 0) is 6.07 Å². The summed E-state index contributed by atoms with van der Waals surface area (Å²) in [6, 6.07) is 3.21. The number of rotatable bonds is 3. The van der Waals surface area contributed by atoms with E-state index in [1.165, 1.54) is 19.9 Å². The van der Waals surface area contributed by atoms with Crippen LogP contribution in [0.4, 0.5) is 13.2 Å².